The molecule has 0 N–H and O–H groups in total. The number of hydrogen-bond acceptors (Lipinski definition) is 5. The Balaban J connectivity index is 2.37. The largest absolute Gasteiger partial charge is 0.493 e. The van der Waals surface area contributed by atoms with Crippen LogP contribution in [-0.2, 0) is 16.0 Å². The highest BCUT2D eigenvalue weighted by atomic mass is 35.5. The van der Waals surface area contributed by atoms with Crippen LogP contribution < -0.4 is 9.47 Å². The van der Waals surface area contributed by atoms with Gasteiger partial charge in [-0.05, 0) is 35.7 Å². The molecule has 1 atom stereocenters. The monoisotopic (exact) mass is 335 g/mol. The Morgan fingerprint density at radius 1 is 1.22 bits per heavy atom. The number of halogens is 1. The smallest absolute Gasteiger partial charge is 0.293 e. The van der Waals surface area contributed by atoms with Gasteiger partial charge in [-0.15, -0.1) is 0 Å². The summed E-state index contributed by atoms with van der Waals surface area (Å²) in [5, 5.41) is 0.546. The van der Waals surface area contributed by atoms with Crippen LogP contribution in [0, 0.1) is 6.92 Å². The van der Waals surface area contributed by atoms with Gasteiger partial charge in [0, 0.05) is 18.8 Å². The topological polar surface area (TPSA) is 57.7 Å². The number of hydrogen-bond donors (Lipinski definition) is 0. The molecule has 1 aromatic carbocycles. The molecule has 2 aromatic rings. The van der Waals surface area contributed by atoms with Crippen LogP contribution in [-0.4, -0.2) is 25.7 Å². The van der Waals surface area contributed by atoms with E-state index in [1.165, 1.54) is 0 Å². The van der Waals surface area contributed by atoms with Crippen LogP contribution >= 0.6 is 11.6 Å². The van der Waals surface area contributed by atoms with Gasteiger partial charge in [0.2, 0.25) is 0 Å². The van der Waals surface area contributed by atoms with Crippen molar-refractivity contribution in [2.45, 2.75) is 19.4 Å². The molecule has 0 bridgehead atoms. The van der Waals surface area contributed by atoms with Gasteiger partial charge in [0.25, 0.3) is 6.47 Å². The van der Waals surface area contributed by atoms with Gasteiger partial charge in [-0.3, -0.25) is 9.78 Å². The molecule has 0 amide bonds. The van der Waals surface area contributed by atoms with Gasteiger partial charge < -0.3 is 14.2 Å². The summed E-state index contributed by atoms with van der Waals surface area (Å²) in [5.74, 6) is 1.18. The van der Waals surface area contributed by atoms with Gasteiger partial charge in [0.05, 0.1) is 19.2 Å². The Labute approximate surface area is 140 Å². The first-order valence-corrected chi connectivity index (χ1v) is 7.38. The highest BCUT2D eigenvalue weighted by molar-refractivity contribution is 6.31. The Kier molecular flexibility index (Phi) is 5.82. The summed E-state index contributed by atoms with van der Waals surface area (Å²) in [5.41, 5.74) is 2.63. The van der Waals surface area contributed by atoms with Gasteiger partial charge in [0.15, 0.2) is 11.5 Å². The second-order valence-corrected chi connectivity index (χ2v) is 5.36. The minimum atomic E-state index is -0.481. The van der Waals surface area contributed by atoms with E-state index in [4.69, 9.17) is 25.8 Å². The number of rotatable bonds is 7. The Hall–Kier alpha value is -2.27. The van der Waals surface area contributed by atoms with E-state index in [0.29, 0.717) is 29.4 Å². The first kappa shape index (κ1) is 17.1. The third-order valence-electron chi connectivity index (χ3n) is 3.61. The van der Waals surface area contributed by atoms with Crippen molar-refractivity contribution in [2.24, 2.45) is 0 Å². The lowest BCUT2D eigenvalue weighted by Crippen LogP contribution is -2.09. The quantitative estimate of drug-likeness (QED) is 0.725. The SMILES string of the molecule is COc1ccc(C(Cc2c(C)cncc2Cl)OC=O)cc1OC. The van der Waals surface area contributed by atoms with Crippen LogP contribution in [0.2, 0.25) is 5.02 Å². The number of aryl methyl sites for hydroxylation is 1. The first-order chi connectivity index (χ1) is 11.1. The van der Waals surface area contributed by atoms with Gasteiger partial charge in [-0.25, -0.2) is 0 Å². The highest BCUT2D eigenvalue weighted by Gasteiger charge is 2.19. The number of nitrogens with zero attached hydrogens (tertiary/aromatic N) is 1. The van der Waals surface area contributed by atoms with E-state index in [0.717, 1.165) is 16.7 Å². The van der Waals surface area contributed by atoms with E-state index in [9.17, 15) is 4.79 Å². The van der Waals surface area contributed by atoms with Gasteiger partial charge in [-0.1, -0.05) is 17.7 Å². The lowest BCUT2D eigenvalue weighted by atomic mass is 9.99. The highest BCUT2D eigenvalue weighted by Crippen LogP contribution is 2.33. The molecular weight excluding hydrogens is 318 g/mol. The number of carbonyl (C=O) groups is 1. The predicted octanol–water partition coefficient (Wildman–Crippen LogP) is 3.52. The first-order valence-electron chi connectivity index (χ1n) is 7.00. The molecule has 0 aliphatic carbocycles. The summed E-state index contributed by atoms with van der Waals surface area (Å²) in [6, 6.07) is 5.40. The summed E-state index contributed by atoms with van der Waals surface area (Å²) >= 11 is 6.22. The van der Waals surface area contributed by atoms with Crippen LogP contribution in [0.15, 0.2) is 30.6 Å². The number of ether oxygens (including phenoxy) is 3. The molecule has 1 heterocycles. The van der Waals surface area contributed by atoms with Crippen molar-refractivity contribution in [1.29, 1.82) is 0 Å². The second-order valence-electron chi connectivity index (χ2n) is 4.96. The van der Waals surface area contributed by atoms with E-state index in [1.54, 1.807) is 38.7 Å². The summed E-state index contributed by atoms with van der Waals surface area (Å²) in [6.45, 7) is 2.35. The molecule has 122 valence electrons. The molecule has 5 nitrogen and oxygen atoms in total. The molecule has 1 unspecified atom stereocenters. The normalized spacial score (nSPS) is 11.7. The lowest BCUT2D eigenvalue weighted by Gasteiger charge is -2.19. The molecule has 2 rings (SSSR count). The van der Waals surface area contributed by atoms with Crippen molar-refractivity contribution in [3.8, 4) is 11.5 Å². The molecule has 0 spiro atoms. The van der Waals surface area contributed by atoms with Gasteiger partial charge in [-0.2, -0.15) is 0 Å². The van der Waals surface area contributed by atoms with E-state index in [2.05, 4.69) is 4.98 Å². The maximum atomic E-state index is 10.9. The Morgan fingerprint density at radius 3 is 2.57 bits per heavy atom. The zero-order valence-corrected chi connectivity index (χ0v) is 14.0. The van der Waals surface area contributed by atoms with Crippen molar-refractivity contribution in [2.75, 3.05) is 14.2 Å². The standard InChI is InChI=1S/C17H18ClNO4/c1-11-8-19-9-14(18)13(11)7-16(23-10-20)12-4-5-15(21-2)17(6-12)22-3/h4-6,8-10,16H,7H2,1-3H3. The molecular formula is C17H18ClNO4. The van der Waals surface area contributed by atoms with Gasteiger partial charge in [0.1, 0.15) is 6.10 Å². The predicted molar refractivity (Wildman–Crippen MR) is 87.1 cm³/mol. The third-order valence-corrected chi connectivity index (χ3v) is 3.93. The summed E-state index contributed by atoms with van der Waals surface area (Å²) in [6.07, 6.45) is 3.27. The number of benzene rings is 1. The van der Waals surface area contributed by atoms with Crippen LogP contribution in [0.25, 0.3) is 0 Å². The summed E-state index contributed by atoms with van der Waals surface area (Å²) < 4.78 is 15.8. The summed E-state index contributed by atoms with van der Waals surface area (Å²) in [4.78, 5) is 14.9. The summed E-state index contributed by atoms with van der Waals surface area (Å²) in [7, 11) is 3.12. The van der Waals surface area contributed by atoms with Crippen molar-refractivity contribution in [3.05, 3.63) is 52.3 Å². The second kappa shape index (κ2) is 7.83. The van der Waals surface area contributed by atoms with Crippen LogP contribution in [0.4, 0.5) is 0 Å². The molecule has 0 saturated carbocycles. The van der Waals surface area contributed by atoms with Crippen molar-refractivity contribution < 1.29 is 19.0 Å². The number of aromatic nitrogens is 1. The molecule has 1 aromatic heterocycles. The number of pyridine rings is 1. The lowest BCUT2D eigenvalue weighted by molar-refractivity contribution is -0.133. The number of methoxy groups -OCH3 is 2. The zero-order valence-electron chi connectivity index (χ0n) is 13.2. The molecule has 0 saturated heterocycles. The fourth-order valence-corrected chi connectivity index (χ4v) is 2.65. The Morgan fingerprint density at radius 2 is 1.96 bits per heavy atom. The molecule has 23 heavy (non-hydrogen) atoms. The van der Waals surface area contributed by atoms with Crippen molar-refractivity contribution >= 4 is 18.1 Å². The van der Waals surface area contributed by atoms with E-state index in [-0.39, 0.29) is 0 Å². The van der Waals surface area contributed by atoms with E-state index >= 15 is 0 Å². The minimum absolute atomic E-state index is 0.436. The maximum Gasteiger partial charge on any atom is 0.293 e. The maximum absolute atomic E-state index is 10.9. The zero-order chi connectivity index (χ0) is 16.8. The average Bonchev–Trinajstić information content (AvgIpc) is 2.56. The van der Waals surface area contributed by atoms with Crippen molar-refractivity contribution in [1.82, 2.24) is 4.98 Å². The van der Waals surface area contributed by atoms with Crippen molar-refractivity contribution in [3.63, 3.8) is 0 Å². The molecule has 0 radical (unpaired) electrons. The fraction of sp³-hybridized carbons (Fsp3) is 0.294. The molecule has 0 fully saturated rings. The van der Waals surface area contributed by atoms with E-state index in [1.807, 2.05) is 13.0 Å². The molecule has 6 heteroatoms. The van der Waals surface area contributed by atoms with E-state index < -0.39 is 6.10 Å². The molecule has 0 aliphatic heterocycles. The third kappa shape index (κ3) is 3.93. The van der Waals surface area contributed by atoms with Gasteiger partial charge >= 0.3 is 0 Å². The molecule has 0 aliphatic rings. The minimum Gasteiger partial charge on any atom is -0.493 e. The fourth-order valence-electron chi connectivity index (χ4n) is 2.37. The number of carbonyl (C=O) groups excluding carboxylic acids is 1. The van der Waals surface area contributed by atoms with Crippen LogP contribution in [0.1, 0.15) is 22.8 Å². The average molecular weight is 336 g/mol. The van der Waals surface area contributed by atoms with Crippen LogP contribution in [0.5, 0.6) is 11.5 Å². The van der Waals surface area contributed by atoms with Crippen LogP contribution in [0.3, 0.4) is 0 Å². The Bertz CT molecular complexity index is 670.